The monoisotopic (exact) mass is 383 g/mol. The molecule has 142 valence electrons. The lowest BCUT2D eigenvalue weighted by Crippen LogP contribution is -2.35. The zero-order valence-corrected chi connectivity index (χ0v) is 16.3. The SMILES string of the molecule is C=CCNC(=S)Nc1nc(Oc2ccccc2)cc(N2CCCC(C)C2)n1. The lowest BCUT2D eigenvalue weighted by atomic mass is 10.0. The summed E-state index contributed by atoms with van der Waals surface area (Å²) in [6.45, 7) is 8.46. The number of thiocarbonyl (C=S) groups is 1. The minimum absolute atomic E-state index is 0.415. The fourth-order valence-electron chi connectivity index (χ4n) is 3.00. The fraction of sp³-hybridized carbons (Fsp3) is 0.350. The Bertz CT molecular complexity index is 783. The number of rotatable bonds is 6. The maximum Gasteiger partial charge on any atom is 0.234 e. The van der Waals surface area contributed by atoms with Gasteiger partial charge in [0.05, 0.1) is 0 Å². The van der Waals surface area contributed by atoms with Crippen LogP contribution in [0.3, 0.4) is 0 Å². The van der Waals surface area contributed by atoms with E-state index in [-0.39, 0.29) is 0 Å². The topological polar surface area (TPSA) is 62.3 Å². The Morgan fingerprint density at radius 1 is 1.37 bits per heavy atom. The highest BCUT2D eigenvalue weighted by Crippen LogP contribution is 2.27. The first kappa shape index (κ1) is 19.1. The van der Waals surface area contributed by atoms with Crippen LogP contribution >= 0.6 is 12.2 Å². The highest BCUT2D eigenvalue weighted by atomic mass is 32.1. The number of para-hydroxylation sites is 1. The van der Waals surface area contributed by atoms with Gasteiger partial charge in [0.15, 0.2) is 5.11 Å². The van der Waals surface area contributed by atoms with Gasteiger partial charge in [0.1, 0.15) is 11.6 Å². The summed E-state index contributed by atoms with van der Waals surface area (Å²) in [6, 6.07) is 11.5. The van der Waals surface area contributed by atoms with Gasteiger partial charge in [0, 0.05) is 25.7 Å². The van der Waals surface area contributed by atoms with Crippen molar-refractivity contribution in [2.24, 2.45) is 5.92 Å². The average molecular weight is 384 g/mol. The Kier molecular flexibility index (Phi) is 6.59. The first-order chi connectivity index (χ1) is 13.1. The third kappa shape index (κ3) is 5.65. The summed E-state index contributed by atoms with van der Waals surface area (Å²) >= 11 is 5.29. The van der Waals surface area contributed by atoms with Crippen molar-refractivity contribution in [3.8, 4) is 11.6 Å². The van der Waals surface area contributed by atoms with E-state index < -0.39 is 0 Å². The second kappa shape index (κ2) is 9.32. The van der Waals surface area contributed by atoms with Crippen LogP contribution in [0.2, 0.25) is 0 Å². The van der Waals surface area contributed by atoms with Crippen molar-refractivity contribution in [3.63, 3.8) is 0 Å². The van der Waals surface area contributed by atoms with Crippen LogP contribution in [0.15, 0.2) is 49.1 Å². The van der Waals surface area contributed by atoms with Crippen molar-refractivity contribution in [3.05, 3.63) is 49.1 Å². The van der Waals surface area contributed by atoms with Crippen LogP contribution in [0.1, 0.15) is 19.8 Å². The zero-order chi connectivity index (χ0) is 19.1. The van der Waals surface area contributed by atoms with Crippen LogP contribution in [0.5, 0.6) is 11.6 Å². The van der Waals surface area contributed by atoms with Crippen LogP contribution in [0.4, 0.5) is 11.8 Å². The molecule has 0 spiro atoms. The molecule has 1 aromatic carbocycles. The number of aromatic nitrogens is 2. The molecule has 1 fully saturated rings. The Balaban J connectivity index is 1.84. The number of hydrogen-bond acceptors (Lipinski definition) is 5. The van der Waals surface area contributed by atoms with Crippen LogP contribution in [0.25, 0.3) is 0 Å². The molecule has 0 saturated carbocycles. The standard InChI is InChI=1S/C20H25N5OS/c1-3-11-21-20(27)24-19-22-17(25-12-7-8-15(2)14-25)13-18(23-19)26-16-9-5-4-6-10-16/h3-6,9-10,13,15H,1,7-8,11-12,14H2,2H3,(H2,21,22,23,24,27). The predicted molar refractivity (Wildman–Crippen MR) is 114 cm³/mol. The number of anilines is 2. The molecular weight excluding hydrogens is 358 g/mol. The van der Waals surface area contributed by atoms with Gasteiger partial charge in [-0.05, 0) is 43.1 Å². The smallest absolute Gasteiger partial charge is 0.234 e. The molecule has 1 unspecified atom stereocenters. The number of ether oxygens (including phenoxy) is 1. The number of hydrogen-bond donors (Lipinski definition) is 2. The molecular formula is C20H25N5OS. The second-order valence-electron chi connectivity index (χ2n) is 6.62. The third-order valence-electron chi connectivity index (χ3n) is 4.27. The van der Waals surface area contributed by atoms with Crippen molar-refractivity contribution in [2.45, 2.75) is 19.8 Å². The molecule has 1 aliphatic rings. The molecule has 0 aliphatic carbocycles. The van der Waals surface area contributed by atoms with Crippen LogP contribution in [-0.4, -0.2) is 34.7 Å². The molecule has 2 aromatic rings. The predicted octanol–water partition coefficient (Wildman–Crippen LogP) is 3.98. The van der Waals surface area contributed by atoms with Crippen molar-refractivity contribution >= 4 is 29.1 Å². The minimum Gasteiger partial charge on any atom is -0.439 e. The molecule has 2 N–H and O–H groups in total. The van der Waals surface area contributed by atoms with Crippen molar-refractivity contribution in [1.82, 2.24) is 15.3 Å². The third-order valence-corrected chi connectivity index (χ3v) is 4.51. The Morgan fingerprint density at radius 3 is 2.93 bits per heavy atom. The Labute approximate surface area is 165 Å². The van der Waals surface area contributed by atoms with Crippen LogP contribution in [0, 0.1) is 5.92 Å². The second-order valence-corrected chi connectivity index (χ2v) is 7.03. The molecule has 3 rings (SSSR count). The van der Waals surface area contributed by atoms with Gasteiger partial charge in [-0.2, -0.15) is 9.97 Å². The number of piperidine rings is 1. The van der Waals surface area contributed by atoms with E-state index >= 15 is 0 Å². The van der Waals surface area contributed by atoms with E-state index in [0.717, 1.165) is 31.1 Å². The number of nitrogens with one attached hydrogen (secondary N) is 2. The molecule has 6 nitrogen and oxygen atoms in total. The summed E-state index contributed by atoms with van der Waals surface area (Å²) in [7, 11) is 0. The molecule has 1 atom stereocenters. The van der Waals surface area contributed by atoms with Gasteiger partial charge in [-0.25, -0.2) is 0 Å². The van der Waals surface area contributed by atoms with E-state index in [2.05, 4.69) is 39.0 Å². The lowest BCUT2D eigenvalue weighted by Gasteiger charge is -2.32. The molecule has 0 radical (unpaired) electrons. The fourth-order valence-corrected chi connectivity index (χ4v) is 3.18. The van der Waals surface area contributed by atoms with Crippen molar-refractivity contribution < 1.29 is 4.74 Å². The first-order valence-electron chi connectivity index (χ1n) is 9.16. The van der Waals surface area contributed by atoms with E-state index in [9.17, 15) is 0 Å². The van der Waals surface area contributed by atoms with E-state index in [1.165, 1.54) is 6.42 Å². The zero-order valence-electron chi connectivity index (χ0n) is 15.5. The van der Waals surface area contributed by atoms with E-state index in [1.54, 1.807) is 6.08 Å². The van der Waals surface area contributed by atoms with Gasteiger partial charge >= 0.3 is 0 Å². The van der Waals surface area contributed by atoms with E-state index in [4.69, 9.17) is 17.0 Å². The summed E-state index contributed by atoms with van der Waals surface area (Å²) in [5.74, 6) is 3.11. The van der Waals surface area contributed by atoms with Gasteiger partial charge in [-0.3, -0.25) is 0 Å². The lowest BCUT2D eigenvalue weighted by molar-refractivity contribution is 0.440. The molecule has 1 aliphatic heterocycles. The summed E-state index contributed by atoms with van der Waals surface area (Å²) in [5.41, 5.74) is 0. The molecule has 1 saturated heterocycles. The molecule has 27 heavy (non-hydrogen) atoms. The Hall–Kier alpha value is -2.67. The quantitative estimate of drug-likeness (QED) is 0.578. The van der Waals surface area contributed by atoms with Gasteiger partial charge in [0.2, 0.25) is 11.8 Å². The van der Waals surface area contributed by atoms with Gasteiger partial charge < -0.3 is 20.3 Å². The number of nitrogens with zero attached hydrogens (tertiary/aromatic N) is 3. The highest BCUT2D eigenvalue weighted by molar-refractivity contribution is 7.80. The molecule has 1 aromatic heterocycles. The van der Waals surface area contributed by atoms with Crippen molar-refractivity contribution in [2.75, 3.05) is 29.9 Å². The molecule has 0 bridgehead atoms. The van der Waals surface area contributed by atoms with Crippen LogP contribution < -0.4 is 20.3 Å². The maximum atomic E-state index is 5.94. The molecule has 7 heteroatoms. The first-order valence-corrected chi connectivity index (χ1v) is 9.57. The summed E-state index contributed by atoms with van der Waals surface area (Å²) in [6.07, 6.45) is 4.14. The summed E-state index contributed by atoms with van der Waals surface area (Å²) in [5, 5.41) is 6.51. The Morgan fingerprint density at radius 2 is 2.19 bits per heavy atom. The number of benzene rings is 1. The average Bonchev–Trinajstić information content (AvgIpc) is 2.67. The highest BCUT2D eigenvalue weighted by Gasteiger charge is 2.19. The van der Waals surface area contributed by atoms with Gasteiger partial charge in [-0.1, -0.05) is 31.2 Å². The molecule has 0 amide bonds. The summed E-state index contributed by atoms with van der Waals surface area (Å²) in [4.78, 5) is 11.4. The van der Waals surface area contributed by atoms with Gasteiger partial charge in [-0.15, -0.1) is 6.58 Å². The minimum atomic E-state index is 0.415. The van der Waals surface area contributed by atoms with Crippen molar-refractivity contribution in [1.29, 1.82) is 0 Å². The molecule has 2 heterocycles. The van der Waals surface area contributed by atoms with E-state index in [1.807, 2.05) is 36.4 Å². The van der Waals surface area contributed by atoms with E-state index in [0.29, 0.717) is 29.4 Å². The van der Waals surface area contributed by atoms with Crippen LogP contribution in [-0.2, 0) is 0 Å². The largest absolute Gasteiger partial charge is 0.439 e. The summed E-state index contributed by atoms with van der Waals surface area (Å²) < 4.78 is 5.94. The maximum absolute atomic E-state index is 5.94. The van der Waals surface area contributed by atoms with Gasteiger partial charge in [0.25, 0.3) is 0 Å². The normalized spacial score (nSPS) is 16.5.